The number of ether oxygens (including phenoxy) is 6. The minimum Gasteiger partial charge on any atom is -0.471 e. The van der Waals surface area contributed by atoms with Gasteiger partial charge in [0, 0.05) is 26.7 Å². The number of hydrogen-bond donors (Lipinski definition) is 0. The average molecular weight is 1560 g/mol. The number of fused-ring (bicyclic) bond motifs is 4. The molecule has 0 unspecified atom stereocenters. The second kappa shape index (κ2) is 59.0. The summed E-state index contributed by atoms with van der Waals surface area (Å²) in [5.41, 5.74) is 1.70. The zero-order chi connectivity index (χ0) is 59.4. The van der Waals surface area contributed by atoms with Crippen LogP contribution in [0.4, 0.5) is 0 Å². The van der Waals surface area contributed by atoms with Crippen molar-refractivity contribution in [2.75, 3.05) is 39.6 Å². The summed E-state index contributed by atoms with van der Waals surface area (Å²) in [6, 6.07) is 37.8. The Bertz CT molecular complexity index is 3320. The fraction of sp³-hybridized carbons (Fsp3) is 0.283. The molecule has 2 aromatic heterocycles. The summed E-state index contributed by atoms with van der Waals surface area (Å²) in [6.07, 6.45) is 6.20. The Kier molecular flexibility index (Phi) is 67.6. The average Bonchev–Trinajstić information content (AvgIpc) is 1.92. The van der Waals surface area contributed by atoms with Gasteiger partial charge in [-0.25, -0.2) is 72.6 Å². The van der Waals surface area contributed by atoms with Gasteiger partial charge < -0.3 is 69.8 Å². The second-order valence-corrected chi connectivity index (χ2v) is 26.3. The number of rotatable bonds is 21. The van der Waals surface area contributed by atoms with E-state index in [0.29, 0.717) is 47.0 Å². The Balaban J connectivity index is -0.000000588. The molecule has 90 heavy (non-hydrogen) atoms. The van der Waals surface area contributed by atoms with Gasteiger partial charge in [-0.15, -0.1) is 5.52 Å². The van der Waals surface area contributed by atoms with Crippen LogP contribution in [0.2, 0.25) is 0 Å². The van der Waals surface area contributed by atoms with Crippen molar-refractivity contribution >= 4 is 149 Å². The van der Waals surface area contributed by atoms with Crippen LogP contribution in [0.25, 0.3) is 24.5 Å². The van der Waals surface area contributed by atoms with Gasteiger partial charge in [-0.1, -0.05) is 58.1 Å². The third-order valence-corrected chi connectivity index (χ3v) is 18.4. The molecule has 0 amide bonds. The van der Waals surface area contributed by atoms with Gasteiger partial charge in [0.1, 0.15) is 3.14 Å². The Morgan fingerprint density at radius 3 is 1.30 bits per heavy atom. The second-order valence-electron chi connectivity index (χ2n) is 17.2. The van der Waals surface area contributed by atoms with Crippen LogP contribution in [0, 0.1) is 65.2 Å². The summed E-state index contributed by atoms with van der Waals surface area (Å²) < 4.78 is 35.7. The van der Waals surface area contributed by atoms with Crippen LogP contribution < -0.4 is 411 Å². The number of thiazole rings is 1. The van der Waals surface area contributed by atoms with Gasteiger partial charge in [-0.05, 0) is 45.4 Å². The van der Waals surface area contributed by atoms with Gasteiger partial charge in [-0.2, -0.15) is 70.9 Å². The van der Waals surface area contributed by atoms with E-state index >= 15 is 0 Å². The maximum atomic E-state index is 12.8. The van der Waals surface area contributed by atoms with E-state index in [9.17, 15) is 28.8 Å². The Morgan fingerprint density at radius 1 is 0.522 bits per heavy atom. The monoisotopic (exact) mass is 1560 g/mol. The summed E-state index contributed by atoms with van der Waals surface area (Å²) in [5.74, 6) is -3.75. The Hall–Kier alpha value is 6.80. The molecule has 6 aromatic rings. The van der Waals surface area contributed by atoms with Crippen LogP contribution in [0.5, 0.6) is 0 Å². The Labute approximate surface area is 903 Å². The molecular formula is C60H52K8N2O12S8. The zero-order valence-corrected chi connectivity index (χ0v) is 84.5. The number of aryl methyl sites for hydroxylation is 1. The molecule has 0 aliphatic carbocycles. The molecule has 0 spiro atoms. The van der Waals surface area contributed by atoms with E-state index in [2.05, 4.69) is 98.9 Å². The minimum atomic E-state index is -0.796. The molecule has 0 saturated carbocycles. The van der Waals surface area contributed by atoms with E-state index in [0.717, 1.165) is 71.1 Å². The first-order valence-electron chi connectivity index (χ1n) is 24.8. The van der Waals surface area contributed by atoms with E-state index in [4.69, 9.17) is 47.2 Å². The van der Waals surface area contributed by atoms with Crippen molar-refractivity contribution in [3.8, 4) is 0 Å². The summed E-state index contributed by atoms with van der Waals surface area (Å²) in [5, 5.41) is 1.08. The van der Waals surface area contributed by atoms with Crippen LogP contribution >= 0.6 is 93.3 Å². The number of carbonyl (C=O) groups is 6. The van der Waals surface area contributed by atoms with E-state index in [-0.39, 0.29) is 467 Å². The molecule has 0 N–H and O–H groups in total. The molecule has 0 fully saturated rings. The van der Waals surface area contributed by atoms with Crippen molar-refractivity contribution in [3.05, 3.63) is 174 Å². The molecule has 8 rings (SSSR count). The van der Waals surface area contributed by atoms with Gasteiger partial charge in [0.2, 0.25) is 0 Å². The maximum absolute atomic E-state index is 12.8. The van der Waals surface area contributed by atoms with Gasteiger partial charge in [-0.3, -0.25) is 65.0 Å². The number of esters is 6. The first kappa shape index (κ1) is 103. The molecule has 0 radical (unpaired) electrons. The van der Waals surface area contributed by atoms with Crippen LogP contribution in [0.1, 0.15) is 69.9 Å². The van der Waals surface area contributed by atoms with E-state index in [1.54, 1.807) is 46.1 Å². The molecular weight excluding hydrogens is 1510 g/mol. The fourth-order valence-electron chi connectivity index (χ4n) is 6.10. The first-order valence-corrected chi connectivity index (χ1v) is 30.9. The number of hydrogen-bond acceptors (Lipinski definition) is 21. The van der Waals surface area contributed by atoms with Crippen LogP contribution in [0.3, 0.4) is 0 Å². The number of unbranched alkanes of at least 4 members (excludes halogenated alkanes) is 3. The largest absolute Gasteiger partial charge is 1.00 e. The SMILES string of the molecule is C=CC(=O)OCCCCOC(=O)C(C(=O)OCCCCOC(=O)C=C)=C1Sc2[c-]cc[c-]c2S1.Cc1nc2[c-]cc[c-]c2s1.S=c1sc2[c-]cc[c-]c2s1.[C-]#[N+]/C(C(=O)OCCCCOC(=O)C=C)=C1/Sc2[c-]cc(C(C)(C)C)[c-]c2S1.[K+].[K+].[K+].[K+].[K+].[K+].[K+].[K+]. The first-order chi connectivity index (χ1) is 39.4. The van der Waals surface area contributed by atoms with E-state index in [1.165, 1.54) is 47.0 Å². The molecule has 2 aliphatic rings. The number of thioether (sulfide) groups is 4. The van der Waals surface area contributed by atoms with Crippen molar-refractivity contribution < 1.29 is 468 Å². The molecule has 4 heterocycles. The number of aromatic nitrogens is 1. The summed E-state index contributed by atoms with van der Waals surface area (Å²) >= 11 is 15.0. The van der Waals surface area contributed by atoms with Crippen molar-refractivity contribution in [2.45, 2.75) is 91.2 Å². The quantitative estimate of drug-likeness (QED) is 0.00765. The number of nitrogens with zero attached hydrogens (tertiary/aromatic N) is 2. The predicted octanol–water partition coefficient (Wildman–Crippen LogP) is -9.75. The zero-order valence-electron chi connectivity index (χ0n) is 52.9. The van der Waals surface area contributed by atoms with Gasteiger partial charge >= 0.3 is 447 Å². The van der Waals surface area contributed by atoms with Crippen LogP contribution in [-0.2, 0) is 62.6 Å². The topological polar surface area (TPSA) is 175 Å². The van der Waals surface area contributed by atoms with Crippen LogP contribution in [-0.4, -0.2) is 80.4 Å². The van der Waals surface area contributed by atoms with Gasteiger partial charge in [0.05, 0.1) is 51.2 Å². The molecule has 0 atom stereocenters. The summed E-state index contributed by atoms with van der Waals surface area (Å²) in [7, 11) is 0. The van der Waals surface area contributed by atoms with E-state index < -0.39 is 35.8 Å². The predicted molar refractivity (Wildman–Crippen MR) is 325 cm³/mol. The molecule has 30 heteroatoms. The standard InChI is InChI=1S/C24H24O8S2.C21H21NO4S2.C8H5NS.C7H2S3.8K/c1-3-19(25)29-13-7-9-15-31-22(27)21(24-33-17-11-5-6-12-18(17)34-24)23(28)32-16-10-8-14-30-20(26)4-2;1-6-17(23)25-11-7-8-12-26-19(24)18(22-5)20-27-15-10-9-14(21(2,3)4)13-16(15)28-20;1-6-9-7-4-2-3-5-8(7)10-6;8-7-9-5-3-1-2-4-6(5)10-7;;;;;;;;/h3-6H,1-2,7-10,13-16H2;6,9H,1,7-8,11-12H2,2-4H3;2-3H,1H3;1-2H;;;;;;;;/q4*-2;8*+1/b;20-18-;;;;;;;;;;. The fourth-order valence-corrected chi connectivity index (χ4v) is 13.9. The molecule has 14 nitrogen and oxygen atoms in total. The van der Waals surface area contributed by atoms with Crippen molar-refractivity contribution in [2.24, 2.45) is 0 Å². The number of carbonyl (C=O) groups excluding carboxylic acids is 6. The van der Waals surface area contributed by atoms with Gasteiger partial charge in [0.15, 0.2) is 5.57 Å². The van der Waals surface area contributed by atoms with Crippen molar-refractivity contribution in [1.29, 1.82) is 0 Å². The smallest absolute Gasteiger partial charge is 0.471 e. The maximum Gasteiger partial charge on any atom is 1.00 e. The van der Waals surface area contributed by atoms with Crippen molar-refractivity contribution in [1.82, 2.24) is 4.98 Å². The summed E-state index contributed by atoms with van der Waals surface area (Å²) in [4.78, 5) is 81.7. The van der Waals surface area contributed by atoms with Crippen molar-refractivity contribution in [3.63, 3.8) is 0 Å². The molecule has 0 saturated heterocycles. The van der Waals surface area contributed by atoms with E-state index in [1.807, 2.05) is 37.3 Å². The Morgan fingerprint density at radius 2 is 0.889 bits per heavy atom. The molecule has 0 bridgehead atoms. The number of benzene rings is 4. The third kappa shape index (κ3) is 39.2. The minimum absolute atomic E-state index is 0. The van der Waals surface area contributed by atoms with Crippen LogP contribution in [0.15, 0.2) is 120 Å². The molecule has 430 valence electrons. The normalized spacial score (nSPS) is 11.3. The summed E-state index contributed by atoms with van der Waals surface area (Å²) in [6.45, 7) is 26.4. The molecule has 4 aromatic carbocycles. The van der Waals surface area contributed by atoms with Gasteiger partial charge in [0.25, 0.3) is 5.70 Å². The molecule has 2 aliphatic heterocycles. The third-order valence-electron chi connectivity index (χ3n) is 10.1.